The molecule has 3 N–H and O–H groups in total. The number of halogens is 1. The predicted octanol–water partition coefficient (Wildman–Crippen LogP) is 1.39. The van der Waals surface area contributed by atoms with E-state index >= 15 is 0 Å². The maximum absolute atomic E-state index is 11.5. The Labute approximate surface area is 95.7 Å². The number of nitrogens with two attached hydrogens (primary N) is 1. The average molecular weight is 232 g/mol. The Morgan fingerprint density at radius 1 is 1.47 bits per heavy atom. The predicted molar refractivity (Wildman–Crippen MR) is 63.4 cm³/mol. The average Bonchev–Trinajstić information content (AvgIpc) is 2.13. The Balaban J connectivity index is 0.00000196. The molecule has 1 atom stereocenters. The second kappa shape index (κ2) is 4.77. The fourth-order valence-electron chi connectivity index (χ4n) is 1.08. The third-order valence-corrected chi connectivity index (χ3v) is 2.67. The van der Waals surface area contributed by atoms with Crippen molar-refractivity contribution in [1.82, 2.24) is 9.97 Å². The number of aryl methyl sites for hydroxylation is 1. The second-order valence-corrected chi connectivity index (χ2v) is 3.90. The van der Waals surface area contributed by atoms with Crippen molar-refractivity contribution in [2.75, 3.05) is 0 Å². The molecular weight excluding hydrogens is 214 g/mol. The molecule has 0 bridgehead atoms. The molecule has 4 nitrogen and oxygen atoms in total. The highest BCUT2D eigenvalue weighted by molar-refractivity contribution is 5.85. The molecule has 0 spiro atoms. The van der Waals surface area contributed by atoms with Crippen LogP contribution in [0, 0.1) is 13.8 Å². The Bertz CT molecular complexity index is 398. The molecular formula is C10H18ClN3O. The Morgan fingerprint density at radius 2 is 2.00 bits per heavy atom. The van der Waals surface area contributed by atoms with Crippen LogP contribution >= 0.6 is 12.4 Å². The van der Waals surface area contributed by atoms with Crippen molar-refractivity contribution in [3.8, 4) is 0 Å². The first kappa shape index (κ1) is 14.1. The van der Waals surface area contributed by atoms with Crippen LogP contribution in [-0.2, 0) is 5.54 Å². The first-order valence-electron chi connectivity index (χ1n) is 4.75. The van der Waals surface area contributed by atoms with Gasteiger partial charge in [0.15, 0.2) is 0 Å². The second-order valence-electron chi connectivity index (χ2n) is 3.90. The van der Waals surface area contributed by atoms with E-state index in [-0.39, 0.29) is 18.0 Å². The summed E-state index contributed by atoms with van der Waals surface area (Å²) < 4.78 is 0. The Hall–Kier alpha value is -0.870. The number of rotatable bonds is 2. The lowest BCUT2D eigenvalue weighted by atomic mass is 9.99. The van der Waals surface area contributed by atoms with E-state index < -0.39 is 5.54 Å². The first-order valence-corrected chi connectivity index (χ1v) is 4.75. The SMILES string of the molecule is CCC(C)(N)c1nc(C)c(C)c(=O)[nH]1.Cl. The molecule has 0 radical (unpaired) electrons. The highest BCUT2D eigenvalue weighted by Crippen LogP contribution is 2.16. The van der Waals surface area contributed by atoms with Gasteiger partial charge in [-0.05, 0) is 27.2 Å². The molecule has 0 aliphatic rings. The summed E-state index contributed by atoms with van der Waals surface area (Å²) in [6, 6.07) is 0. The molecule has 0 saturated carbocycles. The molecule has 0 saturated heterocycles. The highest BCUT2D eigenvalue weighted by Gasteiger charge is 2.22. The van der Waals surface area contributed by atoms with Crippen molar-refractivity contribution in [2.24, 2.45) is 5.73 Å². The fourth-order valence-corrected chi connectivity index (χ4v) is 1.08. The third-order valence-electron chi connectivity index (χ3n) is 2.67. The van der Waals surface area contributed by atoms with Crippen LogP contribution in [0.3, 0.4) is 0 Å². The normalized spacial score (nSPS) is 14.2. The Kier molecular flexibility index (Phi) is 4.49. The molecule has 0 aliphatic carbocycles. The van der Waals surface area contributed by atoms with E-state index in [1.165, 1.54) is 0 Å². The van der Waals surface area contributed by atoms with Crippen LogP contribution in [0.4, 0.5) is 0 Å². The quantitative estimate of drug-likeness (QED) is 0.808. The van der Waals surface area contributed by atoms with Crippen LogP contribution in [0.25, 0.3) is 0 Å². The number of nitrogens with one attached hydrogen (secondary N) is 1. The van der Waals surface area contributed by atoms with E-state index in [0.29, 0.717) is 11.4 Å². The first-order chi connectivity index (χ1) is 6.38. The zero-order chi connectivity index (χ0) is 10.9. The van der Waals surface area contributed by atoms with Crippen molar-refractivity contribution in [1.29, 1.82) is 0 Å². The fraction of sp³-hybridized carbons (Fsp3) is 0.600. The van der Waals surface area contributed by atoms with Crippen LogP contribution in [-0.4, -0.2) is 9.97 Å². The maximum atomic E-state index is 11.5. The van der Waals surface area contributed by atoms with Gasteiger partial charge in [0.25, 0.3) is 5.56 Å². The number of aromatic amines is 1. The van der Waals surface area contributed by atoms with Crippen molar-refractivity contribution >= 4 is 12.4 Å². The lowest BCUT2D eigenvalue weighted by Crippen LogP contribution is -2.36. The van der Waals surface area contributed by atoms with Gasteiger partial charge in [0.05, 0.1) is 5.54 Å². The molecule has 0 aliphatic heterocycles. The molecule has 86 valence electrons. The number of aromatic nitrogens is 2. The minimum absolute atomic E-state index is 0. The van der Waals surface area contributed by atoms with Gasteiger partial charge >= 0.3 is 0 Å². The van der Waals surface area contributed by atoms with Crippen LogP contribution in [0.1, 0.15) is 37.4 Å². The molecule has 0 amide bonds. The van der Waals surface area contributed by atoms with Crippen molar-refractivity contribution in [2.45, 2.75) is 39.7 Å². The zero-order valence-electron chi connectivity index (χ0n) is 9.55. The maximum Gasteiger partial charge on any atom is 0.254 e. The van der Waals surface area contributed by atoms with Crippen LogP contribution in [0.15, 0.2) is 4.79 Å². The number of hydrogen-bond acceptors (Lipinski definition) is 3. The van der Waals surface area contributed by atoms with E-state index in [4.69, 9.17) is 5.73 Å². The zero-order valence-corrected chi connectivity index (χ0v) is 10.4. The smallest absolute Gasteiger partial charge is 0.254 e. The van der Waals surface area contributed by atoms with Gasteiger partial charge < -0.3 is 10.7 Å². The van der Waals surface area contributed by atoms with Crippen molar-refractivity contribution < 1.29 is 0 Å². The monoisotopic (exact) mass is 231 g/mol. The van der Waals surface area contributed by atoms with Crippen LogP contribution in [0.5, 0.6) is 0 Å². The Morgan fingerprint density at radius 3 is 2.40 bits per heavy atom. The summed E-state index contributed by atoms with van der Waals surface area (Å²) in [5, 5.41) is 0. The number of H-pyrrole nitrogens is 1. The van der Waals surface area contributed by atoms with E-state index in [0.717, 1.165) is 12.1 Å². The molecule has 1 rings (SSSR count). The molecule has 0 aromatic carbocycles. The summed E-state index contributed by atoms with van der Waals surface area (Å²) in [6.07, 6.45) is 0.735. The van der Waals surface area contributed by atoms with Gasteiger partial charge in [-0.2, -0.15) is 0 Å². The van der Waals surface area contributed by atoms with Gasteiger partial charge in [-0.1, -0.05) is 6.92 Å². The summed E-state index contributed by atoms with van der Waals surface area (Å²) in [6.45, 7) is 7.40. The van der Waals surface area contributed by atoms with Gasteiger partial charge in [-0.15, -0.1) is 12.4 Å². The summed E-state index contributed by atoms with van der Waals surface area (Å²) in [4.78, 5) is 18.5. The molecule has 1 aromatic rings. The molecule has 1 aromatic heterocycles. The van der Waals surface area contributed by atoms with E-state index in [9.17, 15) is 4.79 Å². The molecule has 5 heteroatoms. The van der Waals surface area contributed by atoms with Gasteiger partial charge in [-0.3, -0.25) is 4.79 Å². The van der Waals surface area contributed by atoms with E-state index in [2.05, 4.69) is 9.97 Å². The van der Waals surface area contributed by atoms with E-state index in [1.54, 1.807) is 6.92 Å². The minimum Gasteiger partial charge on any atom is -0.319 e. The number of nitrogens with zero attached hydrogens (tertiary/aromatic N) is 1. The molecule has 1 unspecified atom stereocenters. The van der Waals surface area contributed by atoms with Crippen LogP contribution in [0.2, 0.25) is 0 Å². The molecule has 0 fully saturated rings. The highest BCUT2D eigenvalue weighted by atomic mass is 35.5. The lowest BCUT2D eigenvalue weighted by molar-refractivity contribution is 0.442. The van der Waals surface area contributed by atoms with Crippen LogP contribution < -0.4 is 11.3 Å². The standard InChI is InChI=1S/C10H17N3O.ClH/c1-5-10(4,11)9-12-7(3)6(2)8(14)13-9;/h5,11H2,1-4H3,(H,12,13,14);1H. The van der Waals surface area contributed by atoms with Gasteiger partial charge in [0, 0.05) is 11.3 Å². The lowest BCUT2D eigenvalue weighted by Gasteiger charge is -2.21. The number of hydrogen-bond donors (Lipinski definition) is 2. The van der Waals surface area contributed by atoms with Gasteiger partial charge in [0.2, 0.25) is 0 Å². The summed E-state index contributed by atoms with van der Waals surface area (Å²) in [7, 11) is 0. The van der Waals surface area contributed by atoms with Crippen molar-refractivity contribution in [3.63, 3.8) is 0 Å². The van der Waals surface area contributed by atoms with E-state index in [1.807, 2.05) is 20.8 Å². The van der Waals surface area contributed by atoms with Gasteiger partial charge in [-0.25, -0.2) is 4.98 Å². The summed E-state index contributed by atoms with van der Waals surface area (Å²) in [5.74, 6) is 0.563. The topological polar surface area (TPSA) is 71.8 Å². The summed E-state index contributed by atoms with van der Waals surface area (Å²) in [5.41, 5.74) is 6.73. The summed E-state index contributed by atoms with van der Waals surface area (Å²) >= 11 is 0. The molecule has 15 heavy (non-hydrogen) atoms. The van der Waals surface area contributed by atoms with Crippen molar-refractivity contribution in [3.05, 3.63) is 27.4 Å². The largest absolute Gasteiger partial charge is 0.319 e. The minimum atomic E-state index is -0.558. The molecule has 1 heterocycles. The van der Waals surface area contributed by atoms with Gasteiger partial charge in [0.1, 0.15) is 5.82 Å². The third kappa shape index (κ3) is 2.79.